The predicted octanol–water partition coefficient (Wildman–Crippen LogP) is 4.49. The molecule has 3 rings (SSSR count). The molecule has 0 saturated heterocycles. The van der Waals surface area contributed by atoms with Gasteiger partial charge < -0.3 is 5.43 Å². The van der Waals surface area contributed by atoms with Gasteiger partial charge in [-0.25, -0.2) is 4.98 Å². The standard InChI is InChI=1S/C15H11Cl2N3/c16-10-6-11(17)15-13(7-10)19-12(8-14(15)20-18)9-4-2-1-3-5-9/h1-8H,18H2,(H,19,20). The fourth-order valence-electron chi connectivity index (χ4n) is 2.16. The van der Waals surface area contributed by atoms with Crippen molar-refractivity contribution in [1.29, 1.82) is 0 Å². The summed E-state index contributed by atoms with van der Waals surface area (Å²) in [5.41, 5.74) is 5.91. The highest BCUT2D eigenvalue weighted by Crippen LogP contribution is 2.34. The molecule has 3 N–H and O–H groups in total. The molecule has 0 aliphatic heterocycles. The molecule has 20 heavy (non-hydrogen) atoms. The number of hydrazine groups is 1. The Kier molecular flexibility index (Phi) is 3.49. The number of nitrogens with one attached hydrogen (secondary N) is 1. The van der Waals surface area contributed by atoms with Crippen LogP contribution in [0.5, 0.6) is 0 Å². The van der Waals surface area contributed by atoms with Gasteiger partial charge in [-0.05, 0) is 18.2 Å². The predicted molar refractivity (Wildman–Crippen MR) is 85.0 cm³/mol. The highest BCUT2D eigenvalue weighted by atomic mass is 35.5. The van der Waals surface area contributed by atoms with Crippen LogP contribution in [0.3, 0.4) is 0 Å². The van der Waals surface area contributed by atoms with E-state index in [1.807, 2.05) is 36.4 Å². The molecule has 3 aromatic rings. The number of pyridine rings is 1. The molecule has 0 unspecified atom stereocenters. The van der Waals surface area contributed by atoms with Gasteiger partial charge in [-0.1, -0.05) is 53.5 Å². The van der Waals surface area contributed by atoms with Crippen molar-refractivity contribution in [2.75, 3.05) is 5.43 Å². The monoisotopic (exact) mass is 303 g/mol. The number of fused-ring (bicyclic) bond motifs is 1. The summed E-state index contributed by atoms with van der Waals surface area (Å²) in [5, 5.41) is 1.83. The Bertz CT molecular complexity index is 773. The molecule has 0 saturated carbocycles. The zero-order chi connectivity index (χ0) is 14.1. The van der Waals surface area contributed by atoms with Crippen LogP contribution in [-0.4, -0.2) is 4.98 Å². The molecule has 0 fully saturated rings. The number of hydrogen-bond acceptors (Lipinski definition) is 3. The number of nitrogens with two attached hydrogens (primary N) is 1. The maximum absolute atomic E-state index is 6.22. The van der Waals surface area contributed by atoms with Gasteiger partial charge in [-0.15, -0.1) is 0 Å². The molecule has 3 nitrogen and oxygen atoms in total. The minimum Gasteiger partial charge on any atom is -0.323 e. The van der Waals surface area contributed by atoms with Gasteiger partial charge in [-0.2, -0.15) is 0 Å². The largest absolute Gasteiger partial charge is 0.323 e. The van der Waals surface area contributed by atoms with Crippen LogP contribution in [-0.2, 0) is 0 Å². The Labute approximate surface area is 126 Å². The quantitative estimate of drug-likeness (QED) is 0.541. The third-order valence-corrected chi connectivity index (χ3v) is 3.57. The van der Waals surface area contributed by atoms with Gasteiger partial charge in [0, 0.05) is 16.0 Å². The molecule has 0 atom stereocenters. The van der Waals surface area contributed by atoms with E-state index in [2.05, 4.69) is 10.4 Å². The van der Waals surface area contributed by atoms with Crippen LogP contribution in [0, 0.1) is 0 Å². The molecule has 0 amide bonds. The lowest BCUT2D eigenvalue weighted by molar-refractivity contribution is 1.33. The van der Waals surface area contributed by atoms with E-state index in [4.69, 9.17) is 29.0 Å². The first-order valence-electron chi connectivity index (χ1n) is 6.01. The molecule has 1 heterocycles. The zero-order valence-corrected chi connectivity index (χ0v) is 11.9. The van der Waals surface area contributed by atoms with E-state index in [-0.39, 0.29) is 0 Å². The summed E-state index contributed by atoms with van der Waals surface area (Å²) in [6.07, 6.45) is 0. The van der Waals surface area contributed by atoms with Gasteiger partial charge in [0.15, 0.2) is 0 Å². The smallest absolute Gasteiger partial charge is 0.0760 e. The van der Waals surface area contributed by atoms with Crippen molar-refractivity contribution in [2.45, 2.75) is 0 Å². The van der Waals surface area contributed by atoms with Gasteiger partial charge in [0.1, 0.15) is 0 Å². The average molecular weight is 304 g/mol. The summed E-state index contributed by atoms with van der Waals surface area (Å²) in [6.45, 7) is 0. The normalized spacial score (nSPS) is 10.8. The number of hydrogen-bond donors (Lipinski definition) is 2. The van der Waals surface area contributed by atoms with E-state index < -0.39 is 0 Å². The molecule has 0 spiro atoms. The Balaban J connectivity index is 2.32. The molecule has 0 aliphatic rings. The van der Waals surface area contributed by atoms with Gasteiger partial charge in [-0.3, -0.25) is 5.84 Å². The van der Waals surface area contributed by atoms with Crippen LogP contribution >= 0.6 is 23.2 Å². The zero-order valence-electron chi connectivity index (χ0n) is 10.4. The van der Waals surface area contributed by atoms with Crippen LogP contribution in [0.1, 0.15) is 0 Å². The molecular weight excluding hydrogens is 293 g/mol. The molecule has 100 valence electrons. The highest BCUT2D eigenvalue weighted by Gasteiger charge is 2.11. The molecular formula is C15H11Cl2N3. The summed E-state index contributed by atoms with van der Waals surface area (Å²) >= 11 is 12.3. The van der Waals surface area contributed by atoms with E-state index in [9.17, 15) is 0 Å². The minimum absolute atomic E-state index is 0.521. The second-order valence-electron chi connectivity index (χ2n) is 4.35. The van der Waals surface area contributed by atoms with Crippen LogP contribution in [0.15, 0.2) is 48.5 Å². The SMILES string of the molecule is NNc1cc(-c2ccccc2)nc2cc(Cl)cc(Cl)c12. The molecule has 0 aliphatic carbocycles. The molecule has 0 radical (unpaired) electrons. The topological polar surface area (TPSA) is 50.9 Å². The summed E-state index contributed by atoms with van der Waals surface area (Å²) < 4.78 is 0. The van der Waals surface area contributed by atoms with E-state index in [0.29, 0.717) is 15.6 Å². The van der Waals surface area contributed by atoms with Crippen LogP contribution in [0.4, 0.5) is 5.69 Å². The maximum atomic E-state index is 6.22. The van der Waals surface area contributed by atoms with Gasteiger partial charge >= 0.3 is 0 Å². The van der Waals surface area contributed by atoms with Crippen molar-refractivity contribution in [3.63, 3.8) is 0 Å². The third-order valence-electron chi connectivity index (χ3n) is 3.05. The number of anilines is 1. The summed E-state index contributed by atoms with van der Waals surface area (Å²) in [4.78, 5) is 4.61. The van der Waals surface area contributed by atoms with Crippen molar-refractivity contribution in [1.82, 2.24) is 4.98 Å². The van der Waals surface area contributed by atoms with Gasteiger partial charge in [0.05, 0.1) is 21.9 Å². The summed E-state index contributed by atoms with van der Waals surface area (Å²) in [7, 11) is 0. The van der Waals surface area contributed by atoms with E-state index >= 15 is 0 Å². The first-order valence-corrected chi connectivity index (χ1v) is 6.76. The first-order chi connectivity index (χ1) is 9.69. The fraction of sp³-hybridized carbons (Fsp3) is 0. The number of aromatic nitrogens is 1. The molecule has 1 aromatic heterocycles. The summed E-state index contributed by atoms with van der Waals surface area (Å²) in [6, 6.07) is 15.2. The lowest BCUT2D eigenvalue weighted by Crippen LogP contribution is -2.08. The second kappa shape index (κ2) is 5.29. The van der Waals surface area contributed by atoms with Crippen LogP contribution in [0.25, 0.3) is 22.2 Å². The Hall–Kier alpha value is -1.81. The van der Waals surface area contributed by atoms with Crippen molar-refractivity contribution in [2.24, 2.45) is 5.84 Å². The fourth-order valence-corrected chi connectivity index (χ4v) is 2.74. The van der Waals surface area contributed by atoms with Crippen molar-refractivity contribution in [3.8, 4) is 11.3 Å². The lowest BCUT2D eigenvalue weighted by atomic mass is 10.1. The van der Waals surface area contributed by atoms with Crippen LogP contribution in [0.2, 0.25) is 10.0 Å². The van der Waals surface area contributed by atoms with Gasteiger partial charge in [0.25, 0.3) is 0 Å². The highest BCUT2D eigenvalue weighted by molar-refractivity contribution is 6.39. The molecule has 0 bridgehead atoms. The Morgan fingerprint density at radius 3 is 2.45 bits per heavy atom. The van der Waals surface area contributed by atoms with Crippen LogP contribution < -0.4 is 11.3 Å². The van der Waals surface area contributed by atoms with Crippen molar-refractivity contribution >= 4 is 39.8 Å². The molecule has 2 aromatic carbocycles. The minimum atomic E-state index is 0.521. The van der Waals surface area contributed by atoms with Crippen molar-refractivity contribution in [3.05, 3.63) is 58.6 Å². The van der Waals surface area contributed by atoms with Crippen molar-refractivity contribution < 1.29 is 0 Å². The van der Waals surface area contributed by atoms with E-state index in [1.54, 1.807) is 12.1 Å². The van der Waals surface area contributed by atoms with E-state index in [1.165, 1.54) is 0 Å². The number of rotatable bonds is 2. The van der Waals surface area contributed by atoms with Gasteiger partial charge in [0.2, 0.25) is 0 Å². The average Bonchev–Trinajstić information content (AvgIpc) is 2.46. The third kappa shape index (κ3) is 2.31. The second-order valence-corrected chi connectivity index (χ2v) is 5.19. The lowest BCUT2D eigenvalue weighted by Gasteiger charge is -2.11. The number of nitrogens with zero attached hydrogens (tertiary/aromatic N) is 1. The number of benzene rings is 2. The Morgan fingerprint density at radius 2 is 1.75 bits per heavy atom. The Morgan fingerprint density at radius 1 is 1.00 bits per heavy atom. The number of halogens is 2. The maximum Gasteiger partial charge on any atom is 0.0760 e. The van der Waals surface area contributed by atoms with E-state index in [0.717, 1.165) is 22.3 Å². The molecule has 5 heteroatoms. The number of nitrogen functional groups attached to an aromatic ring is 1. The summed E-state index contributed by atoms with van der Waals surface area (Å²) in [5.74, 6) is 5.60. The first kappa shape index (κ1) is 13.2.